The minimum absolute atomic E-state index is 0.00627. The Balaban J connectivity index is 0.000000162. The number of fused-ring (bicyclic) bond motifs is 3. The number of aromatic amines is 2. The van der Waals surface area contributed by atoms with Gasteiger partial charge in [-0.3, -0.25) is 19.0 Å². The Kier molecular flexibility index (Phi) is 12.0. The summed E-state index contributed by atoms with van der Waals surface area (Å²) in [5.74, 6) is 0.570. The number of hydrogen-bond acceptors (Lipinski definition) is 7. The van der Waals surface area contributed by atoms with Gasteiger partial charge in [-0.25, -0.2) is 14.2 Å². The molecule has 300 valence electrons. The molecule has 2 fully saturated rings. The fraction of sp³-hybridized carbons (Fsp3) is 0.370. The van der Waals surface area contributed by atoms with Crippen molar-refractivity contribution in [1.82, 2.24) is 34.6 Å². The number of piperidine rings is 2. The Morgan fingerprint density at radius 2 is 1.45 bits per heavy atom. The summed E-state index contributed by atoms with van der Waals surface area (Å²) < 4.78 is 15.0. The van der Waals surface area contributed by atoms with Crippen LogP contribution in [0.2, 0.25) is 0 Å². The van der Waals surface area contributed by atoms with Crippen molar-refractivity contribution in [2.24, 2.45) is 5.92 Å². The zero-order valence-corrected chi connectivity index (χ0v) is 32.7. The number of imidazole rings is 1. The smallest absolute Gasteiger partial charge is 0.326 e. The van der Waals surface area contributed by atoms with Crippen LogP contribution in [0.5, 0.6) is 0 Å². The van der Waals surface area contributed by atoms with Crippen LogP contribution in [0.25, 0.3) is 21.9 Å². The van der Waals surface area contributed by atoms with Crippen LogP contribution in [-0.2, 0) is 12.8 Å². The second kappa shape index (κ2) is 17.8. The lowest BCUT2D eigenvalue weighted by atomic mass is 9.89. The summed E-state index contributed by atoms with van der Waals surface area (Å²) in [4.78, 5) is 64.7. The van der Waals surface area contributed by atoms with Crippen molar-refractivity contribution in [3.8, 4) is 0 Å². The number of nitrogens with one attached hydrogen (secondary N) is 3. The monoisotopic (exact) mass is 783 g/mol. The quantitative estimate of drug-likeness (QED) is 0.139. The van der Waals surface area contributed by atoms with Crippen LogP contribution in [0.3, 0.4) is 0 Å². The van der Waals surface area contributed by atoms with E-state index in [9.17, 15) is 23.6 Å². The number of likely N-dealkylation sites (tertiary alicyclic amines) is 2. The van der Waals surface area contributed by atoms with Crippen molar-refractivity contribution in [3.05, 3.63) is 146 Å². The predicted octanol–water partition coefficient (Wildman–Crippen LogP) is 6.30. The highest BCUT2D eigenvalue weighted by molar-refractivity contribution is 5.98. The number of carbonyl (C=O) groups excluding carboxylic acids is 2. The normalized spacial score (nSPS) is 18.1. The Bertz CT molecular complexity index is 2490. The van der Waals surface area contributed by atoms with E-state index in [0.29, 0.717) is 17.4 Å². The largest absolute Gasteiger partial charge is 0.349 e. The van der Waals surface area contributed by atoms with Crippen LogP contribution in [-0.4, -0.2) is 86.3 Å². The van der Waals surface area contributed by atoms with Crippen molar-refractivity contribution in [1.29, 1.82) is 0 Å². The molecule has 1 atom stereocenters. The number of benzene rings is 4. The van der Waals surface area contributed by atoms with Gasteiger partial charge < -0.3 is 25.1 Å². The summed E-state index contributed by atoms with van der Waals surface area (Å²) in [5.41, 5.74) is 5.10. The lowest BCUT2D eigenvalue weighted by Gasteiger charge is -2.34. The Hall–Kier alpha value is -5.72. The number of Topliss-reactive ketones (excluding diaryl/α,β-unsaturated/α-hetero) is 1. The van der Waals surface area contributed by atoms with Gasteiger partial charge in [0.15, 0.2) is 5.78 Å². The van der Waals surface area contributed by atoms with Crippen LogP contribution in [0, 0.1) is 11.7 Å². The topological polar surface area (TPSA) is 136 Å². The lowest BCUT2D eigenvalue weighted by molar-refractivity contribution is 0.0838. The number of H-pyrrole nitrogens is 2. The second-order valence-electron chi connectivity index (χ2n) is 15.8. The molecule has 2 aromatic heterocycles. The SMILES string of the molecule is O=C(c1ccc(F)cc1)C1CCN(CCCc2nc3ccccc3c(=O)[nH]2)CC1.O=C1NC(CCN2CCC(n3c(=O)[nH]c4ccccc43)CC2)Cc2ccccc21. The van der Waals surface area contributed by atoms with Gasteiger partial charge in [0.2, 0.25) is 0 Å². The summed E-state index contributed by atoms with van der Waals surface area (Å²) in [5, 5.41) is 3.77. The first-order valence-electron chi connectivity index (χ1n) is 20.6. The number of nitrogens with zero attached hydrogens (tertiary/aromatic N) is 4. The number of rotatable bonds is 10. The van der Waals surface area contributed by atoms with Crippen LogP contribution in [0.4, 0.5) is 4.39 Å². The number of carbonyl (C=O) groups is 2. The molecule has 1 amide bonds. The highest BCUT2D eigenvalue weighted by Crippen LogP contribution is 2.26. The highest BCUT2D eigenvalue weighted by atomic mass is 19.1. The van der Waals surface area contributed by atoms with E-state index in [0.717, 1.165) is 118 Å². The van der Waals surface area contributed by atoms with E-state index in [1.807, 2.05) is 65.2 Å². The molecule has 9 rings (SSSR count). The average Bonchev–Trinajstić information content (AvgIpc) is 3.59. The molecule has 3 aliphatic rings. The van der Waals surface area contributed by atoms with Gasteiger partial charge in [0.05, 0.1) is 21.9 Å². The molecular formula is C46H50FN7O4. The van der Waals surface area contributed by atoms with Crippen LogP contribution >= 0.6 is 0 Å². The third-order valence-corrected chi connectivity index (χ3v) is 12.0. The number of aryl methyl sites for hydroxylation is 1. The van der Waals surface area contributed by atoms with E-state index in [2.05, 4.69) is 36.1 Å². The summed E-state index contributed by atoms with van der Waals surface area (Å²) in [7, 11) is 0. The number of aromatic nitrogens is 4. The maximum atomic E-state index is 13.0. The van der Waals surface area contributed by atoms with E-state index < -0.39 is 0 Å². The molecule has 6 aromatic rings. The molecule has 3 aliphatic heterocycles. The Morgan fingerprint density at radius 1 is 0.759 bits per heavy atom. The fourth-order valence-corrected chi connectivity index (χ4v) is 8.84. The average molecular weight is 784 g/mol. The first-order valence-corrected chi connectivity index (χ1v) is 20.6. The summed E-state index contributed by atoms with van der Waals surface area (Å²) >= 11 is 0. The molecule has 5 heterocycles. The van der Waals surface area contributed by atoms with Crippen LogP contribution in [0.1, 0.15) is 76.7 Å². The molecule has 0 saturated carbocycles. The summed E-state index contributed by atoms with van der Waals surface area (Å²) in [6.07, 6.45) is 7.07. The third kappa shape index (κ3) is 9.03. The van der Waals surface area contributed by atoms with Gasteiger partial charge in [-0.05, 0) is 125 Å². The molecule has 0 bridgehead atoms. The summed E-state index contributed by atoms with van der Waals surface area (Å²) in [6.45, 7) is 5.59. The van der Waals surface area contributed by atoms with Crippen LogP contribution < -0.4 is 16.6 Å². The number of ketones is 1. The van der Waals surface area contributed by atoms with Crippen molar-refractivity contribution >= 4 is 33.6 Å². The molecule has 2 saturated heterocycles. The zero-order valence-electron chi connectivity index (χ0n) is 32.7. The number of hydrogen-bond donors (Lipinski definition) is 3. The molecule has 1 unspecified atom stereocenters. The van der Waals surface area contributed by atoms with Gasteiger partial charge in [-0.2, -0.15) is 0 Å². The van der Waals surface area contributed by atoms with Crippen LogP contribution in [0.15, 0.2) is 107 Å². The van der Waals surface area contributed by atoms with Gasteiger partial charge in [0.25, 0.3) is 11.5 Å². The molecule has 11 nitrogen and oxygen atoms in total. The zero-order chi connectivity index (χ0) is 40.0. The number of para-hydroxylation sites is 3. The maximum Gasteiger partial charge on any atom is 0.326 e. The minimum Gasteiger partial charge on any atom is -0.349 e. The van der Waals surface area contributed by atoms with Crippen molar-refractivity contribution < 1.29 is 14.0 Å². The van der Waals surface area contributed by atoms with E-state index in [4.69, 9.17) is 0 Å². The van der Waals surface area contributed by atoms with E-state index in [1.54, 1.807) is 18.2 Å². The van der Waals surface area contributed by atoms with E-state index in [1.165, 1.54) is 12.1 Å². The molecule has 12 heteroatoms. The number of halogens is 1. The Labute approximate surface area is 336 Å². The van der Waals surface area contributed by atoms with E-state index in [-0.39, 0.29) is 46.8 Å². The molecule has 0 aliphatic carbocycles. The molecule has 0 radical (unpaired) electrons. The first-order chi connectivity index (χ1) is 28.3. The third-order valence-electron chi connectivity index (χ3n) is 12.0. The summed E-state index contributed by atoms with van der Waals surface area (Å²) in [6, 6.07) is 29.4. The van der Waals surface area contributed by atoms with Gasteiger partial charge >= 0.3 is 5.69 Å². The Morgan fingerprint density at radius 3 is 2.26 bits per heavy atom. The molecule has 4 aromatic carbocycles. The van der Waals surface area contributed by atoms with Crippen molar-refractivity contribution in [2.75, 3.05) is 39.3 Å². The van der Waals surface area contributed by atoms with E-state index >= 15 is 0 Å². The fourth-order valence-electron chi connectivity index (χ4n) is 8.84. The maximum absolute atomic E-state index is 13.0. The predicted molar refractivity (Wildman–Crippen MR) is 224 cm³/mol. The lowest BCUT2D eigenvalue weighted by Crippen LogP contribution is -2.44. The first kappa shape index (κ1) is 39.1. The molecule has 0 spiro atoms. The molecular weight excluding hydrogens is 734 g/mol. The van der Waals surface area contributed by atoms with Crippen molar-refractivity contribution in [3.63, 3.8) is 0 Å². The van der Waals surface area contributed by atoms with Gasteiger partial charge in [-0.1, -0.05) is 42.5 Å². The second-order valence-corrected chi connectivity index (χ2v) is 15.8. The minimum atomic E-state index is -0.321. The van der Waals surface area contributed by atoms with Crippen molar-refractivity contribution in [2.45, 2.75) is 63.5 Å². The standard InChI is InChI=1S/C23H24FN3O2.C23H26N4O2/c24-18-9-7-16(8-10-18)22(28)17-11-14-27(15-12-17)13-3-6-21-25-20-5-2-1-4-19(20)23(29)26-21;28-22-19-6-2-1-5-16(19)15-17(24-22)9-12-26-13-10-18(11-14-26)27-21-8-4-3-7-20(21)25-23(27)29/h1-2,4-5,7-10,17H,3,6,11-15H2,(H,25,26,29);1-8,17-18H,9-15H2,(H,24,28)(H,25,29). The van der Waals surface area contributed by atoms with Gasteiger partial charge in [-0.15, -0.1) is 0 Å². The van der Waals surface area contributed by atoms with Gasteiger partial charge in [0.1, 0.15) is 11.6 Å². The highest BCUT2D eigenvalue weighted by Gasteiger charge is 2.28. The molecule has 3 N–H and O–H groups in total. The molecule has 58 heavy (non-hydrogen) atoms. The van der Waals surface area contributed by atoms with Gasteiger partial charge in [0, 0.05) is 55.2 Å². The number of amides is 1.